The zero-order valence-corrected chi connectivity index (χ0v) is 15.0. The van der Waals surface area contributed by atoms with E-state index in [1.165, 1.54) is 37.1 Å². The molecule has 0 N–H and O–H groups in total. The third-order valence-corrected chi connectivity index (χ3v) is 4.79. The highest BCUT2D eigenvalue weighted by molar-refractivity contribution is 6.04. The summed E-state index contributed by atoms with van der Waals surface area (Å²) in [7, 11) is 2.50. The molecule has 0 bridgehead atoms. The molecule has 0 amide bonds. The van der Waals surface area contributed by atoms with Crippen molar-refractivity contribution < 1.29 is 19.1 Å². The smallest absolute Gasteiger partial charge is 0.331 e. The number of carbonyl (C=O) groups excluding carboxylic acids is 2. The van der Waals surface area contributed by atoms with Gasteiger partial charge in [-0.25, -0.2) is 0 Å². The summed E-state index contributed by atoms with van der Waals surface area (Å²) < 4.78 is 9.59. The summed E-state index contributed by atoms with van der Waals surface area (Å²) in [5, 5.41) is 2.34. The molecule has 1 aliphatic rings. The number of nitrogens with zero attached hydrogens (tertiary/aromatic N) is 1. The minimum Gasteiger partial charge on any atom is -0.468 e. The van der Waals surface area contributed by atoms with Crippen molar-refractivity contribution >= 4 is 22.7 Å². The summed E-state index contributed by atoms with van der Waals surface area (Å²) in [6.45, 7) is 2.07. The van der Waals surface area contributed by atoms with E-state index in [1.54, 1.807) is 12.4 Å². The molecule has 5 nitrogen and oxygen atoms in total. The summed E-state index contributed by atoms with van der Waals surface area (Å²) in [5.74, 6) is -1.34. The number of rotatable bonds is 4. The van der Waals surface area contributed by atoms with Gasteiger partial charge in [0.05, 0.1) is 20.3 Å². The van der Waals surface area contributed by atoms with E-state index in [9.17, 15) is 9.59 Å². The maximum absolute atomic E-state index is 12.2. The van der Waals surface area contributed by atoms with Gasteiger partial charge in [-0.1, -0.05) is 42.5 Å². The van der Waals surface area contributed by atoms with Crippen molar-refractivity contribution in [1.29, 1.82) is 0 Å². The molecule has 2 aromatic carbocycles. The van der Waals surface area contributed by atoms with Gasteiger partial charge in [-0.3, -0.25) is 9.59 Å². The molecule has 1 atom stereocenters. The first-order valence-electron chi connectivity index (χ1n) is 8.34. The molecule has 0 fully saturated rings. The molecule has 1 unspecified atom stereocenters. The number of hydrogen-bond acceptors (Lipinski definition) is 5. The van der Waals surface area contributed by atoms with E-state index in [2.05, 4.69) is 31.2 Å². The molecule has 26 heavy (non-hydrogen) atoms. The van der Waals surface area contributed by atoms with Crippen LogP contribution in [0.3, 0.4) is 0 Å². The first-order chi connectivity index (χ1) is 12.5. The van der Waals surface area contributed by atoms with Gasteiger partial charge in [0.2, 0.25) is 5.41 Å². The van der Waals surface area contributed by atoms with Crippen LogP contribution >= 0.6 is 0 Å². The van der Waals surface area contributed by atoms with Gasteiger partial charge in [0, 0.05) is 12.4 Å². The van der Waals surface area contributed by atoms with E-state index in [0.29, 0.717) is 0 Å². The Bertz CT molecular complexity index is 863. The van der Waals surface area contributed by atoms with Crippen LogP contribution in [0.15, 0.2) is 67.0 Å². The first kappa shape index (κ1) is 17.7. The van der Waals surface area contributed by atoms with Crippen LogP contribution in [0.5, 0.6) is 0 Å². The molecule has 134 valence electrons. The molecule has 0 aliphatic carbocycles. The van der Waals surface area contributed by atoms with Crippen LogP contribution in [0.1, 0.15) is 18.5 Å². The van der Waals surface area contributed by atoms with Crippen molar-refractivity contribution in [2.75, 3.05) is 14.2 Å². The lowest BCUT2D eigenvalue weighted by Gasteiger charge is -2.32. The lowest BCUT2D eigenvalue weighted by molar-refractivity contribution is -0.161. The number of methoxy groups -OCH3 is 2. The Morgan fingerprint density at radius 1 is 0.923 bits per heavy atom. The third-order valence-electron chi connectivity index (χ3n) is 4.79. The second kappa shape index (κ2) is 7.04. The van der Waals surface area contributed by atoms with Crippen molar-refractivity contribution in [3.05, 3.63) is 72.6 Å². The molecule has 2 aromatic rings. The fraction of sp³-hybridized carbons (Fsp3) is 0.238. The Morgan fingerprint density at radius 3 is 2.12 bits per heavy atom. The SMILES string of the molecule is COC(=O)C1(C(=O)OC)C=CN(C(C)c2cccc3ccccc23)C=C1. The van der Waals surface area contributed by atoms with E-state index in [1.807, 2.05) is 23.1 Å². The van der Waals surface area contributed by atoms with Crippen LogP contribution in [-0.4, -0.2) is 31.1 Å². The fourth-order valence-electron chi connectivity index (χ4n) is 3.24. The zero-order valence-electron chi connectivity index (χ0n) is 15.0. The summed E-state index contributed by atoms with van der Waals surface area (Å²) in [6.07, 6.45) is 6.49. The highest BCUT2D eigenvalue weighted by Gasteiger charge is 2.45. The molecule has 3 rings (SSSR count). The molecule has 0 aromatic heterocycles. The van der Waals surface area contributed by atoms with Gasteiger partial charge in [-0.15, -0.1) is 0 Å². The Balaban J connectivity index is 1.94. The van der Waals surface area contributed by atoms with E-state index >= 15 is 0 Å². The second-order valence-corrected chi connectivity index (χ2v) is 6.18. The molecule has 0 saturated heterocycles. The van der Waals surface area contributed by atoms with Crippen LogP contribution in [0.25, 0.3) is 10.8 Å². The normalized spacial score (nSPS) is 16.3. The van der Waals surface area contributed by atoms with E-state index in [4.69, 9.17) is 9.47 Å². The second-order valence-electron chi connectivity index (χ2n) is 6.18. The number of fused-ring (bicyclic) bond motifs is 1. The number of carbonyl (C=O) groups is 2. The van der Waals surface area contributed by atoms with Crippen molar-refractivity contribution in [2.45, 2.75) is 13.0 Å². The van der Waals surface area contributed by atoms with Crippen LogP contribution in [0.4, 0.5) is 0 Å². The zero-order chi connectivity index (χ0) is 18.7. The van der Waals surface area contributed by atoms with Gasteiger partial charge in [-0.2, -0.15) is 0 Å². The van der Waals surface area contributed by atoms with E-state index < -0.39 is 17.4 Å². The molecule has 0 radical (unpaired) electrons. The topological polar surface area (TPSA) is 55.8 Å². The van der Waals surface area contributed by atoms with E-state index in [0.717, 1.165) is 5.56 Å². The number of esters is 2. The van der Waals surface area contributed by atoms with Gasteiger partial charge in [0.25, 0.3) is 0 Å². The van der Waals surface area contributed by atoms with Gasteiger partial charge < -0.3 is 14.4 Å². The average Bonchev–Trinajstić information content (AvgIpc) is 2.71. The third kappa shape index (κ3) is 2.86. The maximum Gasteiger partial charge on any atom is 0.331 e. The lowest BCUT2D eigenvalue weighted by Crippen LogP contribution is -2.40. The van der Waals surface area contributed by atoms with Crippen LogP contribution in [0, 0.1) is 5.41 Å². The molecule has 0 saturated carbocycles. The first-order valence-corrected chi connectivity index (χ1v) is 8.34. The number of benzene rings is 2. The number of ether oxygens (including phenoxy) is 2. The molecular formula is C21H21NO4. The molecule has 5 heteroatoms. The van der Waals surface area contributed by atoms with Crippen LogP contribution < -0.4 is 0 Å². The largest absolute Gasteiger partial charge is 0.468 e. The van der Waals surface area contributed by atoms with Crippen molar-refractivity contribution in [3.63, 3.8) is 0 Å². The predicted octanol–water partition coefficient (Wildman–Crippen LogP) is 3.58. The minimum absolute atomic E-state index is 0.0156. The Labute approximate surface area is 152 Å². The minimum atomic E-state index is -1.54. The van der Waals surface area contributed by atoms with Gasteiger partial charge in [-0.05, 0) is 35.4 Å². The molecule has 1 aliphatic heterocycles. The summed E-state index contributed by atoms with van der Waals surface area (Å²) >= 11 is 0. The molecular weight excluding hydrogens is 330 g/mol. The Kier molecular flexibility index (Phi) is 4.80. The van der Waals surface area contributed by atoms with Gasteiger partial charge in [0.15, 0.2) is 0 Å². The highest BCUT2D eigenvalue weighted by atomic mass is 16.5. The summed E-state index contributed by atoms with van der Waals surface area (Å²) in [6, 6.07) is 14.4. The molecule has 0 spiro atoms. The predicted molar refractivity (Wildman–Crippen MR) is 98.9 cm³/mol. The van der Waals surface area contributed by atoms with Gasteiger partial charge in [0.1, 0.15) is 0 Å². The van der Waals surface area contributed by atoms with Crippen molar-refractivity contribution in [2.24, 2.45) is 5.41 Å². The maximum atomic E-state index is 12.2. The van der Waals surface area contributed by atoms with Crippen LogP contribution in [-0.2, 0) is 19.1 Å². The monoisotopic (exact) mass is 351 g/mol. The average molecular weight is 351 g/mol. The molecule has 1 heterocycles. The van der Waals surface area contributed by atoms with E-state index in [-0.39, 0.29) is 6.04 Å². The van der Waals surface area contributed by atoms with Crippen LogP contribution in [0.2, 0.25) is 0 Å². The fourth-order valence-corrected chi connectivity index (χ4v) is 3.24. The summed E-state index contributed by atoms with van der Waals surface area (Å²) in [4.78, 5) is 26.3. The highest BCUT2D eigenvalue weighted by Crippen LogP contribution is 2.34. The standard InChI is InChI=1S/C21H21NO4/c1-15(17-10-6-8-16-7-4-5-9-18(16)17)22-13-11-21(12-14-22,19(23)25-2)20(24)26-3/h4-15H,1-3H3. The quantitative estimate of drug-likeness (QED) is 0.622. The number of hydrogen-bond donors (Lipinski definition) is 0. The lowest BCUT2D eigenvalue weighted by atomic mass is 9.86. The van der Waals surface area contributed by atoms with Crippen molar-refractivity contribution in [3.8, 4) is 0 Å². The van der Waals surface area contributed by atoms with Crippen molar-refractivity contribution in [1.82, 2.24) is 4.90 Å². The Morgan fingerprint density at radius 2 is 1.50 bits per heavy atom. The Hall–Kier alpha value is -3.08. The van der Waals surface area contributed by atoms with Gasteiger partial charge >= 0.3 is 11.9 Å². The summed E-state index contributed by atoms with van der Waals surface area (Å²) in [5.41, 5.74) is -0.389.